The number of carbonyl (C=O) groups is 1. The fourth-order valence-electron chi connectivity index (χ4n) is 2.43. The molecule has 1 aromatic heterocycles. The Hall–Kier alpha value is -3.06. The van der Waals surface area contributed by atoms with E-state index in [0.29, 0.717) is 34.2 Å². The Labute approximate surface area is 155 Å². The minimum Gasteiger partial charge on any atom is -0.332 e. The number of ketones is 1. The highest BCUT2D eigenvalue weighted by atomic mass is 32.1. The minimum absolute atomic E-state index is 0.0121. The number of hydrogen-bond acceptors (Lipinski definition) is 3. The van der Waals surface area contributed by atoms with Gasteiger partial charge >= 0.3 is 0 Å². The summed E-state index contributed by atoms with van der Waals surface area (Å²) in [5, 5.41) is 10.6. The molecule has 0 atom stereocenters. The molecular formula is C19H17FN4OS. The third kappa shape index (κ3) is 4.52. The number of nitrogens with zero attached hydrogens (tertiary/aromatic N) is 2. The fraction of sp³-hybridized carbons (Fsp3) is 0.105. The van der Waals surface area contributed by atoms with Gasteiger partial charge in [0.1, 0.15) is 5.82 Å². The van der Waals surface area contributed by atoms with Gasteiger partial charge in [-0.1, -0.05) is 30.3 Å². The van der Waals surface area contributed by atoms with Crippen LogP contribution in [0.4, 0.5) is 15.8 Å². The van der Waals surface area contributed by atoms with E-state index in [2.05, 4.69) is 15.7 Å². The molecule has 0 aliphatic heterocycles. The van der Waals surface area contributed by atoms with Gasteiger partial charge in [0.15, 0.2) is 10.9 Å². The number of thiocarbonyl (C=S) groups is 1. The number of hydrogen-bond donors (Lipinski definition) is 2. The zero-order valence-electron chi connectivity index (χ0n) is 14.1. The van der Waals surface area contributed by atoms with E-state index >= 15 is 0 Å². The average molecular weight is 368 g/mol. The largest absolute Gasteiger partial charge is 0.332 e. The number of anilines is 2. The minimum atomic E-state index is -0.264. The van der Waals surface area contributed by atoms with Crippen molar-refractivity contribution in [1.29, 1.82) is 0 Å². The SMILES string of the molecule is CC(=O)c1cccc(NC(=S)Nc2cnn(Cc3ccccc3F)c2)c1. The Morgan fingerprint density at radius 3 is 2.69 bits per heavy atom. The molecule has 0 amide bonds. The van der Waals surface area contributed by atoms with Crippen molar-refractivity contribution in [2.45, 2.75) is 13.5 Å². The molecular weight excluding hydrogens is 351 g/mol. The summed E-state index contributed by atoms with van der Waals surface area (Å²) in [7, 11) is 0. The van der Waals surface area contributed by atoms with Crippen molar-refractivity contribution in [3.63, 3.8) is 0 Å². The summed E-state index contributed by atoms with van der Waals surface area (Å²) >= 11 is 5.28. The van der Waals surface area contributed by atoms with Gasteiger partial charge < -0.3 is 10.6 Å². The number of carbonyl (C=O) groups excluding carboxylic acids is 1. The number of rotatable bonds is 5. The molecule has 0 saturated heterocycles. The van der Waals surface area contributed by atoms with E-state index < -0.39 is 0 Å². The molecule has 0 fully saturated rings. The molecule has 5 nitrogen and oxygen atoms in total. The van der Waals surface area contributed by atoms with Crippen LogP contribution < -0.4 is 10.6 Å². The Morgan fingerprint density at radius 2 is 1.92 bits per heavy atom. The van der Waals surface area contributed by atoms with Crippen molar-refractivity contribution in [2.24, 2.45) is 0 Å². The molecule has 3 rings (SSSR count). The van der Waals surface area contributed by atoms with Gasteiger partial charge in [0.05, 0.1) is 18.4 Å². The van der Waals surface area contributed by atoms with E-state index in [-0.39, 0.29) is 11.6 Å². The Bertz CT molecular complexity index is 954. The summed E-state index contributed by atoms with van der Waals surface area (Å²) in [6, 6.07) is 13.7. The lowest BCUT2D eigenvalue weighted by molar-refractivity contribution is 0.101. The van der Waals surface area contributed by atoms with Crippen molar-refractivity contribution in [3.05, 3.63) is 77.9 Å². The van der Waals surface area contributed by atoms with E-state index in [1.54, 1.807) is 53.5 Å². The van der Waals surface area contributed by atoms with Crippen LogP contribution in [0, 0.1) is 5.82 Å². The lowest BCUT2D eigenvalue weighted by Gasteiger charge is -2.09. The number of halogens is 1. The van der Waals surface area contributed by atoms with Crippen LogP contribution in [0.25, 0.3) is 0 Å². The topological polar surface area (TPSA) is 59.0 Å². The van der Waals surface area contributed by atoms with Crippen molar-refractivity contribution < 1.29 is 9.18 Å². The summed E-state index contributed by atoms with van der Waals surface area (Å²) < 4.78 is 15.3. The molecule has 0 unspecified atom stereocenters. The number of benzene rings is 2. The maximum atomic E-state index is 13.7. The van der Waals surface area contributed by atoms with Crippen LogP contribution in [0.1, 0.15) is 22.8 Å². The van der Waals surface area contributed by atoms with Gasteiger partial charge in [0.25, 0.3) is 0 Å². The molecule has 2 aromatic carbocycles. The van der Waals surface area contributed by atoms with E-state index in [0.717, 1.165) is 0 Å². The van der Waals surface area contributed by atoms with Crippen LogP contribution in [0.15, 0.2) is 60.9 Å². The second-order valence-electron chi connectivity index (χ2n) is 5.73. The standard InChI is InChI=1S/C19H17FN4OS/c1-13(25)14-6-4-7-16(9-14)22-19(26)23-17-10-21-24(12-17)11-15-5-2-3-8-18(15)20/h2-10,12H,11H2,1H3,(H2,22,23,26). The van der Waals surface area contributed by atoms with E-state index in [1.807, 2.05) is 6.07 Å². The third-order valence-corrected chi connectivity index (χ3v) is 3.91. The first-order valence-corrected chi connectivity index (χ1v) is 8.37. The first kappa shape index (κ1) is 17.8. The Morgan fingerprint density at radius 1 is 1.15 bits per heavy atom. The van der Waals surface area contributed by atoms with Crippen molar-refractivity contribution in [2.75, 3.05) is 10.6 Å². The highest BCUT2D eigenvalue weighted by molar-refractivity contribution is 7.80. The van der Waals surface area contributed by atoms with Crippen LogP contribution in [0.5, 0.6) is 0 Å². The molecule has 0 bridgehead atoms. The van der Waals surface area contributed by atoms with Crippen molar-refractivity contribution in [1.82, 2.24) is 9.78 Å². The van der Waals surface area contributed by atoms with Gasteiger partial charge in [-0.2, -0.15) is 5.10 Å². The molecule has 7 heteroatoms. The molecule has 2 N–H and O–H groups in total. The van der Waals surface area contributed by atoms with E-state index in [4.69, 9.17) is 12.2 Å². The van der Waals surface area contributed by atoms with Crippen LogP contribution in [-0.4, -0.2) is 20.7 Å². The van der Waals surface area contributed by atoms with Gasteiger partial charge in [0, 0.05) is 23.0 Å². The van der Waals surface area contributed by atoms with Crippen molar-refractivity contribution >= 4 is 34.5 Å². The molecule has 1 heterocycles. The highest BCUT2D eigenvalue weighted by Crippen LogP contribution is 2.14. The third-order valence-electron chi connectivity index (χ3n) is 3.71. The summed E-state index contributed by atoms with van der Waals surface area (Å²) in [6.07, 6.45) is 3.35. The number of aromatic nitrogens is 2. The molecule has 0 aliphatic rings. The number of Topliss-reactive ketones (excluding diaryl/α,β-unsaturated/α-hetero) is 1. The Kier molecular flexibility index (Phi) is 5.38. The average Bonchev–Trinajstić information content (AvgIpc) is 3.04. The quantitative estimate of drug-likeness (QED) is 0.525. The second-order valence-corrected chi connectivity index (χ2v) is 6.14. The molecule has 3 aromatic rings. The predicted octanol–water partition coefficient (Wildman–Crippen LogP) is 4.08. The van der Waals surface area contributed by atoms with Crippen LogP contribution in [0.2, 0.25) is 0 Å². The molecule has 0 radical (unpaired) electrons. The zero-order chi connectivity index (χ0) is 18.5. The Balaban J connectivity index is 1.62. The number of nitrogens with one attached hydrogen (secondary N) is 2. The predicted molar refractivity (Wildman–Crippen MR) is 104 cm³/mol. The van der Waals surface area contributed by atoms with Crippen LogP contribution in [0.3, 0.4) is 0 Å². The first-order valence-electron chi connectivity index (χ1n) is 7.96. The lowest BCUT2D eigenvalue weighted by Crippen LogP contribution is -2.19. The van der Waals surface area contributed by atoms with Crippen LogP contribution in [-0.2, 0) is 6.54 Å². The monoisotopic (exact) mass is 368 g/mol. The molecule has 132 valence electrons. The van der Waals surface area contributed by atoms with E-state index in [1.165, 1.54) is 13.0 Å². The fourth-order valence-corrected chi connectivity index (χ4v) is 2.66. The molecule has 26 heavy (non-hydrogen) atoms. The normalized spacial score (nSPS) is 10.4. The van der Waals surface area contributed by atoms with Gasteiger partial charge in [-0.3, -0.25) is 9.48 Å². The van der Waals surface area contributed by atoms with Gasteiger partial charge in [-0.15, -0.1) is 0 Å². The molecule has 0 spiro atoms. The van der Waals surface area contributed by atoms with Crippen molar-refractivity contribution in [3.8, 4) is 0 Å². The summed E-state index contributed by atoms with van der Waals surface area (Å²) in [4.78, 5) is 11.4. The lowest BCUT2D eigenvalue weighted by atomic mass is 10.1. The van der Waals surface area contributed by atoms with Crippen LogP contribution >= 0.6 is 12.2 Å². The second kappa shape index (κ2) is 7.88. The zero-order valence-corrected chi connectivity index (χ0v) is 14.9. The van der Waals surface area contributed by atoms with E-state index in [9.17, 15) is 9.18 Å². The highest BCUT2D eigenvalue weighted by Gasteiger charge is 2.06. The summed E-state index contributed by atoms with van der Waals surface area (Å²) in [5.74, 6) is -0.276. The smallest absolute Gasteiger partial charge is 0.175 e. The maximum Gasteiger partial charge on any atom is 0.175 e. The van der Waals surface area contributed by atoms with Gasteiger partial charge in [-0.25, -0.2) is 4.39 Å². The van der Waals surface area contributed by atoms with Gasteiger partial charge in [0.2, 0.25) is 0 Å². The summed E-state index contributed by atoms with van der Waals surface area (Å²) in [5.41, 5.74) is 2.56. The summed E-state index contributed by atoms with van der Waals surface area (Å²) in [6.45, 7) is 1.84. The molecule has 0 saturated carbocycles. The van der Waals surface area contributed by atoms with Gasteiger partial charge in [-0.05, 0) is 37.3 Å². The maximum absolute atomic E-state index is 13.7. The first-order chi connectivity index (χ1) is 12.5. The molecule has 0 aliphatic carbocycles.